The Morgan fingerprint density at radius 1 is 0.284 bits per heavy atom. The Labute approximate surface area is 560 Å². The second kappa shape index (κ2) is 23.1. The van der Waals surface area contributed by atoms with Crippen molar-refractivity contribution in [1.82, 2.24) is 0 Å². The van der Waals surface area contributed by atoms with Crippen LogP contribution < -0.4 is 31.1 Å². The molecule has 4 heterocycles. The van der Waals surface area contributed by atoms with Crippen molar-refractivity contribution >= 4 is 62.9 Å². The van der Waals surface area contributed by atoms with Gasteiger partial charge in [0.25, 0.3) is 6.71 Å². The smallest absolute Gasteiger partial charge is 0.252 e. The molecule has 3 nitrogen and oxygen atoms in total. The SMILES string of the molecule is CC(C)(C)c1ccc(-c2cc3c4c(c2)N(c2c(-c5ccccc5)cc(-c5ccccc5)cc2-c2ccccc2)c2cc(N5C6CC7CC(C6)CC5C7)ccc2B4c2ccc(-c4ccccc4)cc2N3c2c(-c3ccccc3)cc(-c3ccccc3)cc2-c2ccccc2)cc1. The van der Waals surface area contributed by atoms with Crippen molar-refractivity contribution in [2.75, 3.05) is 14.7 Å². The van der Waals surface area contributed by atoms with Gasteiger partial charge in [0.2, 0.25) is 0 Å². The topological polar surface area (TPSA) is 9.72 Å². The van der Waals surface area contributed by atoms with Gasteiger partial charge >= 0.3 is 0 Å². The molecular formula is C91H74BN3. The summed E-state index contributed by atoms with van der Waals surface area (Å²) >= 11 is 0. The predicted molar refractivity (Wildman–Crippen MR) is 403 cm³/mol. The van der Waals surface area contributed by atoms with Crippen molar-refractivity contribution in [3.05, 3.63) is 315 Å². The molecule has 0 radical (unpaired) electrons. The third kappa shape index (κ3) is 9.95. The number of nitrogens with zero attached hydrogens (tertiary/aromatic N) is 3. The van der Waals surface area contributed by atoms with Gasteiger partial charge in [-0.15, -0.1) is 0 Å². The number of fused-ring (bicyclic) bond motifs is 4. The van der Waals surface area contributed by atoms with Crippen LogP contribution >= 0.6 is 0 Å². The Morgan fingerprint density at radius 3 is 0.989 bits per heavy atom. The Kier molecular flexibility index (Phi) is 13.9. The molecular weight excluding hydrogens is 1150 g/mol. The number of benzene rings is 13. The van der Waals surface area contributed by atoms with E-state index in [0.29, 0.717) is 12.1 Å². The fourth-order valence-electron chi connectivity index (χ4n) is 17.4. The van der Waals surface area contributed by atoms with Gasteiger partial charge in [-0.1, -0.05) is 276 Å². The number of anilines is 7. The molecule has 13 aromatic carbocycles. The number of hydrogen-bond donors (Lipinski definition) is 0. The lowest BCUT2D eigenvalue weighted by molar-refractivity contribution is 0.0900. The van der Waals surface area contributed by atoms with Crippen LogP contribution in [0.15, 0.2) is 309 Å². The highest BCUT2D eigenvalue weighted by atomic mass is 15.2. The number of hydrogen-bond acceptors (Lipinski definition) is 3. The van der Waals surface area contributed by atoms with E-state index in [1.807, 2.05) is 0 Å². The standard InChI is InChI=1S/C91H74BN3/c1-91(2,3)74-42-39-65(40-43-74)73-57-86-88-87(58-73)95(90-80(68-35-21-9-22-36-68)54-72(64-29-15-6-16-30-64)55-81(90)69-37-23-10-24-38-69)85-59-75(93-76-48-60-47-61(50-76)51-77(93)49-60)44-46-83(85)92(88)82-45-41-70(62-25-11-4-12-26-62)56-84(82)94(86)89-78(66-31-17-7-18-32-66)52-71(63-27-13-5-14-28-63)53-79(89)67-33-19-8-20-34-67/h4-46,52-61,76-77H,47-51H2,1-3H3. The van der Waals surface area contributed by atoms with Crippen LogP contribution in [0.1, 0.15) is 58.4 Å². The summed E-state index contributed by atoms with van der Waals surface area (Å²) in [5.41, 5.74) is 32.3. The van der Waals surface area contributed by atoms with Gasteiger partial charge in [-0.3, -0.25) is 0 Å². The average Bonchev–Trinajstić information content (AvgIpc) is 0.688. The van der Waals surface area contributed by atoms with E-state index < -0.39 is 0 Å². The molecule has 4 fully saturated rings. The fourth-order valence-corrected chi connectivity index (χ4v) is 17.4. The first kappa shape index (κ1) is 57.0. The molecule has 0 spiro atoms. The summed E-state index contributed by atoms with van der Waals surface area (Å²) in [6.07, 6.45) is 6.54. The lowest BCUT2D eigenvalue weighted by Crippen LogP contribution is -2.62. The third-order valence-electron chi connectivity index (χ3n) is 21.6. The summed E-state index contributed by atoms with van der Waals surface area (Å²) in [5, 5.41) is 0. The fraction of sp³-hybridized carbons (Fsp3) is 0.143. The Bertz CT molecular complexity index is 4880. The third-order valence-corrected chi connectivity index (χ3v) is 21.6. The molecule has 95 heavy (non-hydrogen) atoms. The lowest BCUT2D eigenvalue weighted by atomic mass is 9.33. The minimum Gasteiger partial charge on any atom is -0.365 e. The van der Waals surface area contributed by atoms with Crippen molar-refractivity contribution in [2.24, 2.45) is 11.8 Å². The van der Waals surface area contributed by atoms with Crippen LogP contribution in [0, 0.1) is 11.8 Å². The molecule has 4 bridgehead atoms. The van der Waals surface area contributed by atoms with Gasteiger partial charge in [-0.25, -0.2) is 0 Å². The quantitative estimate of drug-likeness (QED) is 0.120. The van der Waals surface area contributed by atoms with Gasteiger partial charge in [0.05, 0.1) is 11.4 Å². The Hall–Kier alpha value is -10.7. The maximum Gasteiger partial charge on any atom is 0.252 e. The summed E-state index contributed by atoms with van der Waals surface area (Å²) in [6.45, 7) is 6.81. The molecule has 456 valence electrons. The van der Waals surface area contributed by atoms with Gasteiger partial charge in [-0.2, -0.15) is 0 Å². The molecule has 0 unspecified atom stereocenters. The van der Waals surface area contributed by atoms with Crippen molar-refractivity contribution in [2.45, 2.75) is 70.4 Å². The maximum atomic E-state index is 2.91. The maximum absolute atomic E-state index is 2.91. The molecule has 2 saturated heterocycles. The molecule has 19 rings (SSSR count). The molecule has 4 aliphatic heterocycles. The van der Waals surface area contributed by atoms with Crippen LogP contribution in [0.25, 0.3) is 89.0 Å². The molecule has 0 aromatic heterocycles. The van der Waals surface area contributed by atoms with E-state index in [0.717, 1.165) is 51.0 Å². The lowest BCUT2D eigenvalue weighted by Gasteiger charge is -2.57. The summed E-state index contributed by atoms with van der Waals surface area (Å²) in [7, 11) is 0. The van der Waals surface area contributed by atoms with Crippen molar-refractivity contribution in [3.8, 4) is 89.0 Å². The van der Waals surface area contributed by atoms with E-state index in [4.69, 9.17) is 0 Å². The van der Waals surface area contributed by atoms with Gasteiger partial charge in [0, 0.05) is 62.8 Å². The molecule has 13 aromatic rings. The van der Waals surface area contributed by atoms with Gasteiger partial charge in [0.15, 0.2) is 0 Å². The average molecular weight is 1220 g/mol. The molecule has 2 saturated carbocycles. The zero-order chi connectivity index (χ0) is 63.3. The highest BCUT2D eigenvalue weighted by Crippen LogP contribution is 2.57. The molecule has 0 N–H and O–H groups in total. The normalized spacial score (nSPS) is 17.3. The predicted octanol–water partition coefficient (Wildman–Crippen LogP) is 22.2. The van der Waals surface area contributed by atoms with E-state index in [9.17, 15) is 0 Å². The molecule has 0 amide bonds. The first-order chi connectivity index (χ1) is 46.7. The van der Waals surface area contributed by atoms with E-state index in [2.05, 4.69) is 345 Å². The van der Waals surface area contributed by atoms with Crippen molar-refractivity contribution < 1.29 is 0 Å². The van der Waals surface area contributed by atoms with Crippen molar-refractivity contribution in [1.29, 1.82) is 0 Å². The largest absolute Gasteiger partial charge is 0.365 e. The van der Waals surface area contributed by atoms with E-state index >= 15 is 0 Å². The van der Waals surface area contributed by atoms with Crippen LogP contribution in [-0.2, 0) is 5.41 Å². The summed E-state index contributed by atoms with van der Waals surface area (Å²) < 4.78 is 0. The summed E-state index contributed by atoms with van der Waals surface area (Å²) in [4.78, 5) is 8.40. The second-order valence-electron chi connectivity index (χ2n) is 28.4. The van der Waals surface area contributed by atoms with Gasteiger partial charge in [-0.05, 0) is 193 Å². The summed E-state index contributed by atoms with van der Waals surface area (Å²) in [6, 6.07) is 119. The Balaban J connectivity index is 1.01. The molecule has 6 aliphatic rings. The van der Waals surface area contributed by atoms with Crippen LogP contribution in [0.3, 0.4) is 0 Å². The van der Waals surface area contributed by atoms with Crippen molar-refractivity contribution in [3.63, 3.8) is 0 Å². The highest BCUT2D eigenvalue weighted by molar-refractivity contribution is 7.00. The van der Waals surface area contributed by atoms with Gasteiger partial charge < -0.3 is 14.7 Å². The zero-order valence-corrected chi connectivity index (χ0v) is 54.2. The van der Waals surface area contributed by atoms with Crippen LogP contribution in [-0.4, -0.2) is 18.8 Å². The molecule has 2 aliphatic carbocycles. The highest BCUT2D eigenvalue weighted by Gasteiger charge is 2.49. The number of rotatable bonds is 11. The first-order valence-electron chi connectivity index (χ1n) is 34.4. The summed E-state index contributed by atoms with van der Waals surface area (Å²) in [5.74, 6) is 1.66. The number of piperidine rings is 2. The van der Waals surface area contributed by atoms with Crippen LogP contribution in [0.4, 0.5) is 39.8 Å². The zero-order valence-electron chi connectivity index (χ0n) is 54.2. The van der Waals surface area contributed by atoms with E-state index in [1.54, 1.807) is 0 Å². The minimum atomic E-state index is -0.157. The Morgan fingerprint density at radius 2 is 0.600 bits per heavy atom. The van der Waals surface area contributed by atoms with Crippen LogP contribution in [0.2, 0.25) is 0 Å². The van der Waals surface area contributed by atoms with E-state index in [-0.39, 0.29) is 12.1 Å². The second-order valence-corrected chi connectivity index (χ2v) is 28.4. The molecule has 0 atom stereocenters. The minimum absolute atomic E-state index is 0.0305. The first-order valence-corrected chi connectivity index (χ1v) is 34.4. The van der Waals surface area contributed by atoms with E-state index in [1.165, 1.54) is 144 Å². The van der Waals surface area contributed by atoms with Gasteiger partial charge in [0.1, 0.15) is 0 Å². The monoisotopic (exact) mass is 1220 g/mol. The van der Waals surface area contributed by atoms with Crippen LogP contribution in [0.5, 0.6) is 0 Å². The molecule has 4 heteroatoms.